The molecule has 7 heteroatoms. The molecule has 0 aromatic heterocycles. The second-order valence-corrected chi connectivity index (χ2v) is 3.18. The van der Waals surface area contributed by atoms with E-state index in [1.807, 2.05) is 0 Å². The minimum absolute atomic E-state index is 0.611. The van der Waals surface area contributed by atoms with E-state index in [1.54, 1.807) is 0 Å². The fourth-order valence-electron chi connectivity index (χ4n) is 1.49. The zero-order chi connectivity index (χ0) is 11.4. The first-order chi connectivity index (χ1) is 6.76. The molecule has 15 heavy (non-hydrogen) atoms. The lowest BCUT2D eigenvalue weighted by atomic mass is 10.1. The van der Waals surface area contributed by atoms with E-state index < -0.39 is 34.7 Å². The van der Waals surface area contributed by atoms with Gasteiger partial charge in [0.15, 0.2) is 11.6 Å². The van der Waals surface area contributed by atoms with Gasteiger partial charge in [-0.25, -0.2) is 8.78 Å². The number of ether oxygens (including phenoxy) is 1. The molecule has 2 atom stereocenters. The summed E-state index contributed by atoms with van der Waals surface area (Å²) in [6.45, 7) is 0. The van der Waals surface area contributed by atoms with E-state index in [4.69, 9.17) is 11.5 Å². The summed E-state index contributed by atoms with van der Waals surface area (Å²) >= 11 is 0. The quantitative estimate of drug-likeness (QED) is 0.510. The van der Waals surface area contributed by atoms with Gasteiger partial charge in [0.2, 0.25) is 0 Å². The van der Waals surface area contributed by atoms with Crippen molar-refractivity contribution in [2.24, 2.45) is 11.5 Å². The molecule has 82 valence electrons. The molecule has 0 radical (unpaired) electrons. The van der Waals surface area contributed by atoms with E-state index >= 15 is 0 Å². The predicted molar refractivity (Wildman–Crippen MR) is 41.4 cm³/mol. The minimum atomic E-state index is -3.27. The Kier molecular flexibility index (Phi) is 1.85. The van der Waals surface area contributed by atoms with Crippen LogP contribution in [0.1, 0.15) is 11.1 Å². The second-order valence-electron chi connectivity index (χ2n) is 3.18. The maximum absolute atomic E-state index is 13.4. The zero-order valence-electron chi connectivity index (χ0n) is 7.23. The third kappa shape index (κ3) is 1.31. The molecule has 4 N–H and O–H groups in total. The number of hydrogen-bond acceptors (Lipinski definition) is 3. The van der Waals surface area contributed by atoms with Crippen molar-refractivity contribution in [1.29, 1.82) is 0 Å². The first-order valence-corrected chi connectivity index (χ1v) is 3.90. The largest absolute Gasteiger partial charge is 0.298 e. The Balaban J connectivity index is 2.76. The van der Waals surface area contributed by atoms with Gasteiger partial charge in [0.1, 0.15) is 0 Å². The molecule has 1 aromatic carbocycles. The Hall–Kier alpha value is -1.18. The van der Waals surface area contributed by atoms with Crippen molar-refractivity contribution in [1.82, 2.24) is 0 Å². The van der Waals surface area contributed by atoms with E-state index in [0.717, 1.165) is 6.07 Å². The highest BCUT2D eigenvalue weighted by molar-refractivity contribution is 5.38. The summed E-state index contributed by atoms with van der Waals surface area (Å²) in [5.74, 6) is -9.30. The van der Waals surface area contributed by atoms with Crippen molar-refractivity contribution in [3.63, 3.8) is 0 Å². The molecular formula is C8H6F4N2O. The van der Waals surface area contributed by atoms with Crippen LogP contribution in [-0.4, -0.2) is 0 Å². The first-order valence-electron chi connectivity index (χ1n) is 3.90. The monoisotopic (exact) mass is 222 g/mol. The normalized spacial score (nSPS) is 34.3. The van der Waals surface area contributed by atoms with Gasteiger partial charge in [0, 0.05) is 5.56 Å². The SMILES string of the molecule is NC1(F)OC(N)(F)c2c1ccc(F)c2F. The summed E-state index contributed by atoms with van der Waals surface area (Å²) in [7, 11) is 0. The van der Waals surface area contributed by atoms with Gasteiger partial charge in [-0.2, -0.15) is 8.78 Å². The summed E-state index contributed by atoms with van der Waals surface area (Å²) in [6, 6.07) is 1.39. The average molecular weight is 222 g/mol. The van der Waals surface area contributed by atoms with Crippen molar-refractivity contribution in [3.8, 4) is 0 Å². The van der Waals surface area contributed by atoms with Gasteiger partial charge in [0.25, 0.3) is 12.0 Å². The standard InChI is InChI=1S/C8H6F4N2O/c9-4-2-1-3-5(6(4)10)8(12,14)15-7(3,11)13/h1-2H,13-14H2. The second kappa shape index (κ2) is 2.69. The molecule has 1 aromatic rings. The van der Waals surface area contributed by atoms with Gasteiger partial charge in [0.05, 0.1) is 5.56 Å². The zero-order valence-corrected chi connectivity index (χ0v) is 7.23. The van der Waals surface area contributed by atoms with Crippen LogP contribution >= 0.6 is 0 Å². The summed E-state index contributed by atoms with van der Waals surface area (Å²) in [5.41, 5.74) is 8.00. The van der Waals surface area contributed by atoms with Gasteiger partial charge >= 0.3 is 0 Å². The maximum Gasteiger partial charge on any atom is 0.298 e. The highest BCUT2D eigenvalue weighted by Gasteiger charge is 2.53. The van der Waals surface area contributed by atoms with Crippen molar-refractivity contribution in [3.05, 3.63) is 34.9 Å². The minimum Gasteiger partial charge on any atom is -0.276 e. The Bertz CT molecular complexity index is 433. The smallest absolute Gasteiger partial charge is 0.276 e. The molecule has 0 aliphatic carbocycles. The Morgan fingerprint density at radius 1 is 1.07 bits per heavy atom. The Labute approximate surface area is 81.6 Å². The molecule has 2 unspecified atom stereocenters. The third-order valence-corrected chi connectivity index (χ3v) is 2.10. The van der Waals surface area contributed by atoms with E-state index in [0.29, 0.717) is 6.07 Å². The van der Waals surface area contributed by atoms with Crippen LogP contribution in [0.3, 0.4) is 0 Å². The topological polar surface area (TPSA) is 61.3 Å². The predicted octanol–water partition coefficient (Wildman–Crippen LogP) is 1.07. The number of fused-ring (bicyclic) bond motifs is 1. The molecule has 2 rings (SSSR count). The number of halogens is 4. The van der Waals surface area contributed by atoms with Gasteiger partial charge in [-0.15, -0.1) is 0 Å². The molecule has 0 saturated carbocycles. The Morgan fingerprint density at radius 3 is 2.27 bits per heavy atom. The van der Waals surface area contributed by atoms with Crippen molar-refractivity contribution in [2.45, 2.75) is 12.0 Å². The molecule has 0 fully saturated rings. The molecule has 0 bridgehead atoms. The fourth-order valence-corrected chi connectivity index (χ4v) is 1.49. The lowest BCUT2D eigenvalue weighted by Gasteiger charge is -2.17. The number of nitrogens with two attached hydrogens (primary N) is 2. The number of alkyl halides is 2. The average Bonchev–Trinajstić information content (AvgIpc) is 2.24. The van der Waals surface area contributed by atoms with E-state index in [1.165, 1.54) is 0 Å². The molecule has 0 saturated heterocycles. The molecule has 1 heterocycles. The highest BCUT2D eigenvalue weighted by atomic mass is 19.2. The number of hydrogen-bond donors (Lipinski definition) is 2. The van der Waals surface area contributed by atoms with Gasteiger partial charge < -0.3 is 0 Å². The van der Waals surface area contributed by atoms with Crippen LogP contribution in [0.5, 0.6) is 0 Å². The van der Waals surface area contributed by atoms with Crippen LogP contribution in [0.4, 0.5) is 17.6 Å². The first kappa shape index (κ1) is 10.3. The highest BCUT2D eigenvalue weighted by Crippen LogP contribution is 2.44. The summed E-state index contributed by atoms with van der Waals surface area (Å²) in [4.78, 5) is 0. The van der Waals surface area contributed by atoms with E-state index in [2.05, 4.69) is 4.74 Å². The molecular weight excluding hydrogens is 216 g/mol. The van der Waals surface area contributed by atoms with Gasteiger partial charge in [-0.3, -0.25) is 16.2 Å². The maximum atomic E-state index is 13.4. The lowest BCUT2D eigenvalue weighted by molar-refractivity contribution is -0.261. The van der Waals surface area contributed by atoms with Crippen LogP contribution in [-0.2, 0) is 16.7 Å². The van der Waals surface area contributed by atoms with Crippen LogP contribution in [0, 0.1) is 11.6 Å². The van der Waals surface area contributed by atoms with Crippen LogP contribution in [0.2, 0.25) is 0 Å². The third-order valence-electron chi connectivity index (χ3n) is 2.10. The van der Waals surface area contributed by atoms with Crippen LogP contribution in [0.15, 0.2) is 12.1 Å². The molecule has 1 aliphatic heterocycles. The van der Waals surface area contributed by atoms with Gasteiger partial charge in [-0.1, -0.05) is 0 Å². The summed E-state index contributed by atoms with van der Waals surface area (Å²) < 4.78 is 56.6. The fraction of sp³-hybridized carbons (Fsp3) is 0.250. The molecule has 0 amide bonds. The molecule has 1 aliphatic rings. The van der Waals surface area contributed by atoms with Crippen LogP contribution in [0.25, 0.3) is 0 Å². The molecule has 0 spiro atoms. The lowest BCUT2D eigenvalue weighted by Crippen LogP contribution is -2.38. The van der Waals surface area contributed by atoms with Crippen LogP contribution < -0.4 is 11.5 Å². The van der Waals surface area contributed by atoms with Crippen molar-refractivity contribution in [2.75, 3.05) is 0 Å². The number of rotatable bonds is 0. The van der Waals surface area contributed by atoms with Crippen molar-refractivity contribution >= 4 is 0 Å². The van der Waals surface area contributed by atoms with Gasteiger partial charge in [-0.05, 0) is 12.1 Å². The summed E-state index contributed by atoms with van der Waals surface area (Å²) in [6.07, 6.45) is 0. The van der Waals surface area contributed by atoms with Crippen molar-refractivity contribution < 1.29 is 22.3 Å². The number of benzene rings is 1. The van der Waals surface area contributed by atoms with E-state index in [9.17, 15) is 17.6 Å². The summed E-state index contributed by atoms with van der Waals surface area (Å²) in [5, 5.41) is 0. The molecule has 3 nitrogen and oxygen atoms in total. The Morgan fingerprint density at radius 2 is 1.67 bits per heavy atom. The van der Waals surface area contributed by atoms with E-state index in [-0.39, 0.29) is 0 Å².